The summed E-state index contributed by atoms with van der Waals surface area (Å²) in [6.07, 6.45) is 0. The number of thioether (sulfide) groups is 1. The van der Waals surface area contributed by atoms with Gasteiger partial charge < -0.3 is 8.83 Å². The Bertz CT molecular complexity index is 1040. The summed E-state index contributed by atoms with van der Waals surface area (Å²) in [7, 11) is 0. The number of halogens is 2. The highest BCUT2D eigenvalue weighted by Gasteiger charge is 2.14. The Kier molecular flexibility index (Phi) is 4.68. The number of hydrogen-bond acceptors (Lipinski definition) is 7. The SMILES string of the molecule is Fc1ccccc1-c1nnc(SCc2nnc(-c3ccc(Cl)cc3)o2)o1. The molecule has 4 rings (SSSR count). The van der Waals surface area contributed by atoms with Crippen LogP contribution < -0.4 is 0 Å². The largest absolute Gasteiger partial charge is 0.420 e. The second-order valence-electron chi connectivity index (χ2n) is 5.15. The van der Waals surface area contributed by atoms with Gasteiger partial charge in [0.15, 0.2) is 0 Å². The van der Waals surface area contributed by atoms with Gasteiger partial charge in [-0.15, -0.1) is 20.4 Å². The lowest BCUT2D eigenvalue weighted by Crippen LogP contribution is -1.82. The molecule has 130 valence electrons. The Hall–Kier alpha value is -2.71. The maximum absolute atomic E-state index is 13.7. The molecule has 0 fully saturated rings. The van der Waals surface area contributed by atoms with Gasteiger partial charge >= 0.3 is 0 Å². The fourth-order valence-corrected chi connectivity index (χ4v) is 2.88. The Morgan fingerprint density at radius 2 is 1.65 bits per heavy atom. The van der Waals surface area contributed by atoms with Gasteiger partial charge in [0.2, 0.25) is 11.8 Å². The normalized spacial score (nSPS) is 11.0. The van der Waals surface area contributed by atoms with Crippen molar-refractivity contribution in [1.82, 2.24) is 20.4 Å². The zero-order chi connectivity index (χ0) is 17.9. The second-order valence-corrected chi connectivity index (χ2v) is 6.51. The first-order valence-corrected chi connectivity index (χ1v) is 8.85. The quantitative estimate of drug-likeness (QED) is 0.451. The highest BCUT2D eigenvalue weighted by Crippen LogP contribution is 2.28. The van der Waals surface area contributed by atoms with E-state index in [1.807, 2.05) is 0 Å². The Balaban J connectivity index is 1.44. The summed E-state index contributed by atoms with van der Waals surface area (Å²) in [6, 6.07) is 13.3. The predicted molar refractivity (Wildman–Crippen MR) is 94.0 cm³/mol. The van der Waals surface area contributed by atoms with Gasteiger partial charge in [0.1, 0.15) is 5.82 Å². The third kappa shape index (κ3) is 3.61. The molecule has 0 aliphatic carbocycles. The molecule has 0 unspecified atom stereocenters. The Morgan fingerprint density at radius 1 is 0.885 bits per heavy atom. The van der Waals surface area contributed by atoms with Crippen LogP contribution in [-0.2, 0) is 5.75 Å². The lowest BCUT2D eigenvalue weighted by atomic mass is 10.2. The number of benzene rings is 2. The van der Waals surface area contributed by atoms with Crippen molar-refractivity contribution < 1.29 is 13.2 Å². The van der Waals surface area contributed by atoms with E-state index in [0.717, 1.165) is 5.56 Å². The van der Waals surface area contributed by atoms with Gasteiger partial charge in [-0.2, -0.15) is 0 Å². The van der Waals surface area contributed by atoms with Crippen molar-refractivity contribution in [2.45, 2.75) is 11.0 Å². The highest BCUT2D eigenvalue weighted by molar-refractivity contribution is 7.98. The Morgan fingerprint density at radius 3 is 2.46 bits per heavy atom. The van der Waals surface area contributed by atoms with Crippen LogP contribution in [0.3, 0.4) is 0 Å². The third-order valence-electron chi connectivity index (χ3n) is 3.39. The number of hydrogen-bond donors (Lipinski definition) is 0. The van der Waals surface area contributed by atoms with Crippen molar-refractivity contribution >= 4 is 23.4 Å². The molecule has 0 N–H and O–H groups in total. The summed E-state index contributed by atoms with van der Waals surface area (Å²) >= 11 is 7.09. The first-order valence-electron chi connectivity index (χ1n) is 7.48. The molecule has 26 heavy (non-hydrogen) atoms. The molecule has 0 aliphatic heterocycles. The minimum absolute atomic E-state index is 0.123. The molecule has 4 aromatic rings. The number of nitrogens with zero attached hydrogens (tertiary/aromatic N) is 4. The fourth-order valence-electron chi connectivity index (χ4n) is 2.16. The molecule has 0 saturated carbocycles. The monoisotopic (exact) mass is 388 g/mol. The van der Waals surface area contributed by atoms with E-state index in [0.29, 0.717) is 22.6 Å². The van der Waals surface area contributed by atoms with E-state index >= 15 is 0 Å². The summed E-state index contributed by atoms with van der Waals surface area (Å²) in [6.45, 7) is 0. The summed E-state index contributed by atoms with van der Waals surface area (Å²) in [5.41, 5.74) is 1.03. The lowest BCUT2D eigenvalue weighted by molar-refractivity contribution is 0.461. The van der Waals surface area contributed by atoms with Crippen LogP contribution in [0.15, 0.2) is 62.6 Å². The number of aromatic nitrogens is 4. The van der Waals surface area contributed by atoms with Gasteiger partial charge in [0.05, 0.1) is 11.3 Å². The molecular formula is C17H10ClFN4O2S. The van der Waals surface area contributed by atoms with E-state index < -0.39 is 5.82 Å². The second kappa shape index (κ2) is 7.27. The van der Waals surface area contributed by atoms with Crippen molar-refractivity contribution in [3.63, 3.8) is 0 Å². The highest BCUT2D eigenvalue weighted by atomic mass is 35.5. The van der Waals surface area contributed by atoms with Crippen LogP contribution in [0.25, 0.3) is 22.9 Å². The van der Waals surface area contributed by atoms with Crippen LogP contribution in [0.4, 0.5) is 4.39 Å². The van der Waals surface area contributed by atoms with Crippen LogP contribution in [0.5, 0.6) is 0 Å². The molecule has 0 radical (unpaired) electrons. The average molecular weight is 389 g/mol. The minimum Gasteiger partial charge on any atom is -0.420 e. The third-order valence-corrected chi connectivity index (χ3v) is 4.44. The topological polar surface area (TPSA) is 77.8 Å². The van der Waals surface area contributed by atoms with Crippen molar-refractivity contribution in [2.75, 3.05) is 0 Å². The van der Waals surface area contributed by atoms with Crippen LogP contribution in [0, 0.1) is 5.82 Å². The molecule has 2 aromatic heterocycles. The van der Waals surface area contributed by atoms with E-state index in [2.05, 4.69) is 20.4 Å². The van der Waals surface area contributed by atoms with Crippen molar-refractivity contribution in [3.8, 4) is 22.9 Å². The summed E-state index contributed by atoms with van der Waals surface area (Å²) in [5.74, 6) is 0.857. The molecule has 2 heterocycles. The first kappa shape index (κ1) is 16.7. The molecule has 0 spiro atoms. The summed E-state index contributed by atoms with van der Waals surface area (Å²) < 4.78 is 24.8. The molecule has 0 saturated heterocycles. The predicted octanol–water partition coefficient (Wildman–Crippen LogP) is 4.87. The smallest absolute Gasteiger partial charge is 0.277 e. The molecule has 0 atom stereocenters. The van der Waals surface area contributed by atoms with Gasteiger partial charge in [0, 0.05) is 10.6 Å². The van der Waals surface area contributed by atoms with Crippen LogP contribution in [0.2, 0.25) is 5.02 Å². The van der Waals surface area contributed by atoms with E-state index in [9.17, 15) is 4.39 Å². The van der Waals surface area contributed by atoms with Gasteiger partial charge in [-0.3, -0.25) is 0 Å². The zero-order valence-electron chi connectivity index (χ0n) is 13.1. The van der Waals surface area contributed by atoms with E-state index in [1.165, 1.54) is 17.8 Å². The maximum Gasteiger partial charge on any atom is 0.277 e. The van der Waals surface area contributed by atoms with E-state index in [4.69, 9.17) is 20.4 Å². The Labute approximate surface area is 156 Å². The first-order chi connectivity index (χ1) is 12.7. The van der Waals surface area contributed by atoms with Gasteiger partial charge in [-0.05, 0) is 36.4 Å². The van der Waals surface area contributed by atoms with Crippen molar-refractivity contribution in [2.24, 2.45) is 0 Å². The summed E-state index contributed by atoms with van der Waals surface area (Å²) in [5, 5.41) is 16.7. The standard InChI is InChI=1S/C17H10ClFN4O2S/c18-11-7-5-10(6-8-11)15-21-20-14(24-15)9-26-17-23-22-16(25-17)12-3-1-2-4-13(12)19/h1-8H,9H2. The van der Waals surface area contributed by atoms with E-state index in [1.54, 1.807) is 42.5 Å². The number of rotatable bonds is 5. The van der Waals surface area contributed by atoms with Crippen LogP contribution in [-0.4, -0.2) is 20.4 Å². The molecule has 0 aliphatic rings. The molecular weight excluding hydrogens is 379 g/mol. The molecule has 2 aromatic carbocycles. The molecule has 6 nitrogen and oxygen atoms in total. The van der Waals surface area contributed by atoms with Gasteiger partial charge in [-0.25, -0.2) is 4.39 Å². The van der Waals surface area contributed by atoms with Gasteiger partial charge in [-0.1, -0.05) is 35.5 Å². The molecule has 0 amide bonds. The minimum atomic E-state index is -0.419. The van der Waals surface area contributed by atoms with Crippen LogP contribution >= 0.6 is 23.4 Å². The van der Waals surface area contributed by atoms with E-state index in [-0.39, 0.29) is 16.7 Å². The molecule has 9 heteroatoms. The fraction of sp³-hybridized carbons (Fsp3) is 0.0588. The average Bonchev–Trinajstić information content (AvgIpc) is 3.30. The van der Waals surface area contributed by atoms with Crippen molar-refractivity contribution in [1.29, 1.82) is 0 Å². The lowest BCUT2D eigenvalue weighted by Gasteiger charge is -1.95. The van der Waals surface area contributed by atoms with Crippen LogP contribution in [0.1, 0.15) is 5.89 Å². The van der Waals surface area contributed by atoms with Crippen molar-refractivity contribution in [3.05, 3.63) is 65.3 Å². The molecule has 0 bridgehead atoms. The maximum atomic E-state index is 13.7. The summed E-state index contributed by atoms with van der Waals surface area (Å²) in [4.78, 5) is 0. The van der Waals surface area contributed by atoms with Gasteiger partial charge in [0.25, 0.3) is 11.1 Å². The zero-order valence-corrected chi connectivity index (χ0v) is 14.7.